The molecule has 1 aliphatic heterocycles. The van der Waals surface area contributed by atoms with Crippen LogP contribution in [0.5, 0.6) is 11.5 Å². The highest BCUT2D eigenvalue weighted by molar-refractivity contribution is 7.17. The van der Waals surface area contributed by atoms with Crippen molar-refractivity contribution in [3.8, 4) is 11.5 Å². The van der Waals surface area contributed by atoms with Crippen LogP contribution in [0.4, 0.5) is 11.4 Å². The predicted molar refractivity (Wildman–Crippen MR) is 123 cm³/mol. The number of nitrogens with zero attached hydrogens (tertiary/aromatic N) is 2. The Morgan fingerprint density at radius 2 is 1.80 bits per heavy atom. The van der Waals surface area contributed by atoms with Gasteiger partial charge in [0.1, 0.15) is 18.1 Å². The van der Waals surface area contributed by atoms with E-state index in [9.17, 15) is 4.79 Å². The fraction of sp³-hybridized carbons (Fsp3) is 0.375. The maximum Gasteiger partial charge on any atom is 0.228 e. The summed E-state index contributed by atoms with van der Waals surface area (Å²) in [5, 5.41) is 3.06. The highest BCUT2D eigenvalue weighted by Crippen LogP contribution is 2.39. The van der Waals surface area contributed by atoms with Crippen LogP contribution in [0.2, 0.25) is 0 Å². The molecule has 5 nitrogen and oxygen atoms in total. The van der Waals surface area contributed by atoms with Crippen LogP contribution in [0.1, 0.15) is 26.2 Å². The third-order valence-corrected chi connectivity index (χ3v) is 6.47. The zero-order valence-electron chi connectivity index (χ0n) is 17.6. The number of anilines is 2. The lowest BCUT2D eigenvalue weighted by Crippen LogP contribution is -2.33. The Labute approximate surface area is 181 Å². The molecule has 158 valence electrons. The van der Waals surface area contributed by atoms with Crippen molar-refractivity contribution in [2.24, 2.45) is 0 Å². The number of carbonyl (C=O) groups is 1. The second-order valence-electron chi connectivity index (χ2n) is 7.58. The molecule has 0 bridgehead atoms. The van der Waals surface area contributed by atoms with E-state index in [1.165, 1.54) is 32.4 Å². The number of amides is 1. The number of methoxy groups -OCH3 is 1. The topological polar surface area (TPSA) is 42.0 Å². The van der Waals surface area contributed by atoms with E-state index in [1.54, 1.807) is 30.3 Å². The number of thiophene rings is 1. The minimum atomic E-state index is -0.0238. The zero-order valence-corrected chi connectivity index (χ0v) is 18.4. The van der Waals surface area contributed by atoms with Crippen LogP contribution in [-0.2, 0) is 4.79 Å². The van der Waals surface area contributed by atoms with Crippen molar-refractivity contribution < 1.29 is 14.3 Å². The molecule has 4 rings (SSSR count). The number of ether oxygens (including phenoxy) is 2. The summed E-state index contributed by atoms with van der Waals surface area (Å²) in [6, 6.07) is 13.7. The SMILES string of the molecule is COc1ccc2c(N(C(C)=O)c3ccc(OCCN4CCCCC4)cc3)csc2c1. The van der Waals surface area contributed by atoms with Crippen molar-refractivity contribution in [1.29, 1.82) is 0 Å². The van der Waals surface area contributed by atoms with Crippen LogP contribution in [0.25, 0.3) is 10.1 Å². The maximum absolute atomic E-state index is 12.5. The van der Waals surface area contributed by atoms with Crippen LogP contribution in [0.15, 0.2) is 47.8 Å². The van der Waals surface area contributed by atoms with Gasteiger partial charge >= 0.3 is 0 Å². The van der Waals surface area contributed by atoms with Crippen molar-refractivity contribution in [1.82, 2.24) is 4.90 Å². The van der Waals surface area contributed by atoms with Gasteiger partial charge in [0.15, 0.2) is 0 Å². The Hall–Kier alpha value is -2.57. The van der Waals surface area contributed by atoms with Gasteiger partial charge in [0.2, 0.25) is 5.91 Å². The zero-order chi connectivity index (χ0) is 20.9. The van der Waals surface area contributed by atoms with Crippen molar-refractivity contribution in [2.45, 2.75) is 26.2 Å². The minimum Gasteiger partial charge on any atom is -0.497 e. The second-order valence-corrected chi connectivity index (χ2v) is 8.49. The standard InChI is InChI=1S/C24H28N2O3S/c1-18(27)26(23-17-30-24-16-21(28-2)10-11-22(23)24)19-6-8-20(9-7-19)29-15-14-25-12-4-3-5-13-25/h6-11,16-17H,3-5,12-15H2,1-2H3. The van der Waals surface area contributed by atoms with Crippen LogP contribution < -0.4 is 14.4 Å². The molecule has 0 spiro atoms. The third kappa shape index (κ3) is 4.60. The van der Waals surface area contributed by atoms with Gasteiger partial charge in [0, 0.05) is 34.6 Å². The molecule has 0 saturated carbocycles. The summed E-state index contributed by atoms with van der Waals surface area (Å²) in [6.45, 7) is 5.60. The molecule has 0 atom stereocenters. The molecule has 1 fully saturated rings. The Morgan fingerprint density at radius 1 is 1.07 bits per heavy atom. The molecule has 2 aromatic carbocycles. The largest absolute Gasteiger partial charge is 0.497 e. The van der Waals surface area contributed by atoms with Gasteiger partial charge in [0.25, 0.3) is 0 Å². The molecule has 30 heavy (non-hydrogen) atoms. The van der Waals surface area contributed by atoms with Crippen LogP contribution in [0, 0.1) is 0 Å². The molecule has 1 aliphatic rings. The number of hydrogen-bond donors (Lipinski definition) is 0. The van der Waals surface area contributed by atoms with Crippen molar-refractivity contribution >= 4 is 38.7 Å². The Kier molecular flexibility index (Phi) is 6.55. The number of benzene rings is 2. The van der Waals surface area contributed by atoms with Gasteiger partial charge in [0.05, 0.1) is 12.8 Å². The lowest BCUT2D eigenvalue weighted by Gasteiger charge is -2.26. The van der Waals surface area contributed by atoms with E-state index < -0.39 is 0 Å². The molecule has 0 N–H and O–H groups in total. The molecule has 0 unspecified atom stereocenters. The summed E-state index contributed by atoms with van der Waals surface area (Å²) in [5.74, 6) is 1.62. The quantitative estimate of drug-likeness (QED) is 0.505. The Morgan fingerprint density at radius 3 is 2.50 bits per heavy atom. The van der Waals surface area contributed by atoms with Crippen molar-refractivity contribution in [3.63, 3.8) is 0 Å². The number of piperidine rings is 1. The van der Waals surface area contributed by atoms with E-state index in [1.807, 2.05) is 47.8 Å². The monoisotopic (exact) mass is 424 g/mol. The summed E-state index contributed by atoms with van der Waals surface area (Å²) in [6.07, 6.45) is 3.93. The number of fused-ring (bicyclic) bond motifs is 1. The highest BCUT2D eigenvalue weighted by atomic mass is 32.1. The van der Waals surface area contributed by atoms with Gasteiger partial charge in [-0.05, 0) is 68.4 Å². The summed E-state index contributed by atoms with van der Waals surface area (Å²) in [7, 11) is 1.66. The lowest BCUT2D eigenvalue weighted by atomic mass is 10.1. The first kappa shape index (κ1) is 20.7. The summed E-state index contributed by atoms with van der Waals surface area (Å²) >= 11 is 1.61. The van der Waals surface area contributed by atoms with E-state index in [0.717, 1.165) is 39.5 Å². The fourth-order valence-corrected chi connectivity index (χ4v) is 4.91. The number of likely N-dealkylation sites (tertiary alicyclic amines) is 1. The molecule has 1 amide bonds. The molecule has 2 heterocycles. The molecule has 1 saturated heterocycles. The predicted octanol–water partition coefficient (Wildman–Crippen LogP) is 5.46. The van der Waals surface area contributed by atoms with E-state index in [0.29, 0.717) is 6.61 Å². The molecule has 0 aliphatic carbocycles. The average Bonchev–Trinajstić information content (AvgIpc) is 3.18. The molecule has 3 aromatic rings. The van der Waals surface area contributed by atoms with Crippen LogP contribution >= 0.6 is 11.3 Å². The third-order valence-electron chi connectivity index (χ3n) is 5.54. The minimum absolute atomic E-state index is 0.0238. The lowest BCUT2D eigenvalue weighted by molar-refractivity contribution is -0.115. The van der Waals surface area contributed by atoms with Crippen molar-refractivity contribution in [3.05, 3.63) is 47.8 Å². The number of rotatable bonds is 7. The van der Waals surface area contributed by atoms with Crippen LogP contribution in [-0.4, -0.2) is 44.2 Å². The van der Waals surface area contributed by atoms with E-state index in [-0.39, 0.29) is 5.91 Å². The molecule has 1 aromatic heterocycles. The molecular formula is C24H28N2O3S. The Bertz CT molecular complexity index is 993. The van der Waals surface area contributed by atoms with E-state index in [2.05, 4.69) is 4.90 Å². The number of carbonyl (C=O) groups excluding carboxylic acids is 1. The highest BCUT2D eigenvalue weighted by Gasteiger charge is 2.18. The molecule has 0 radical (unpaired) electrons. The maximum atomic E-state index is 12.5. The van der Waals surface area contributed by atoms with E-state index in [4.69, 9.17) is 9.47 Å². The van der Waals surface area contributed by atoms with Gasteiger partial charge in [-0.25, -0.2) is 0 Å². The van der Waals surface area contributed by atoms with Gasteiger partial charge in [-0.1, -0.05) is 6.42 Å². The van der Waals surface area contributed by atoms with E-state index >= 15 is 0 Å². The van der Waals surface area contributed by atoms with Gasteiger partial charge in [-0.2, -0.15) is 0 Å². The number of hydrogen-bond acceptors (Lipinski definition) is 5. The molecular weight excluding hydrogens is 396 g/mol. The second kappa shape index (κ2) is 9.49. The van der Waals surface area contributed by atoms with Crippen molar-refractivity contribution in [2.75, 3.05) is 38.3 Å². The smallest absolute Gasteiger partial charge is 0.228 e. The summed E-state index contributed by atoms with van der Waals surface area (Å²) in [5.41, 5.74) is 1.73. The molecule has 6 heteroatoms. The normalized spacial score (nSPS) is 14.6. The first-order chi connectivity index (χ1) is 14.7. The first-order valence-electron chi connectivity index (χ1n) is 10.5. The Balaban J connectivity index is 1.47. The van der Waals surface area contributed by atoms with Gasteiger partial charge in [-0.3, -0.25) is 14.6 Å². The first-order valence-corrected chi connectivity index (χ1v) is 11.3. The van der Waals surface area contributed by atoms with Gasteiger partial charge < -0.3 is 9.47 Å². The summed E-state index contributed by atoms with van der Waals surface area (Å²) in [4.78, 5) is 16.7. The van der Waals surface area contributed by atoms with Crippen LogP contribution in [0.3, 0.4) is 0 Å². The van der Waals surface area contributed by atoms with Gasteiger partial charge in [-0.15, -0.1) is 11.3 Å². The fourth-order valence-electron chi connectivity index (χ4n) is 3.95. The summed E-state index contributed by atoms with van der Waals surface area (Å²) < 4.78 is 12.3. The average molecular weight is 425 g/mol.